The van der Waals surface area contributed by atoms with E-state index in [4.69, 9.17) is 0 Å². The summed E-state index contributed by atoms with van der Waals surface area (Å²) in [7, 11) is 0. The number of aromatic amines is 1. The smallest absolute Gasteiger partial charge is 0.261 e. The first-order valence-corrected chi connectivity index (χ1v) is 5.78. The molecule has 0 radical (unpaired) electrons. The number of anilines is 1. The SMILES string of the molecule is Cc1cc(=O)c(C(=O)Nc2cccc(O)c2C)c[nH]1. The number of H-pyrrole nitrogens is 1. The highest BCUT2D eigenvalue weighted by Gasteiger charge is 2.12. The summed E-state index contributed by atoms with van der Waals surface area (Å²) in [6.45, 7) is 3.42. The number of aromatic hydroxyl groups is 1. The molecule has 2 rings (SSSR count). The largest absolute Gasteiger partial charge is 0.508 e. The van der Waals surface area contributed by atoms with Crippen molar-refractivity contribution in [3.63, 3.8) is 0 Å². The van der Waals surface area contributed by atoms with Gasteiger partial charge in [0, 0.05) is 29.2 Å². The van der Waals surface area contributed by atoms with Gasteiger partial charge in [0.1, 0.15) is 11.3 Å². The Morgan fingerprint density at radius 1 is 1.32 bits per heavy atom. The number of rotatable bonds is 2. The normalized spacial score (nSPS) is 10.2. The fourth-order valence-corrected chi connectivity index (χ4v) is 1.70. The van der Waals surface area contributed by atoms with Crippen LogP contribution in [0.5, 0.6) is 5.75 Å². The van der Waals surface area contributed by atoms with Gasteiger partial charge >= 0.3 is 0 Å². The van der Waals surface area contributed by atoms with Crippen LogP contribution in [0.25, 0.3) is 0 Å². The number of amides is 1. The second kappa shape index (κ2) is 4.97. The lowest BCUT2D eigenvalue weighted by molar-refractivity contribution is 0.102. The molecule has 0 aliphatic carbocycles. The van der Waals surface area contributed by atoms with Gasteiger partial charge in [0.2, 0.25) is 0 Å². The fraction of sp³-hybridized carbons (Fsp3) is 0.143. The highest BCUT2D eigenvalue weighted by atomic mass is 16.3. The molecule has 1 amide bonds. The van der Waals surface area contributed by atoms with Crippen LogP contribution in [0.15, 0.2) is 35.3 Å². The second-order valence-electron chi connectivity index (χ2n) is 4.30. The summed E-state index contributed by atoms with van der Waals surface area (Å²) in [5.41, 5.74) is 1.42. The minimum atomic E-state index is -0.505. The molecule has 0 aliphatic rings. The van der Waals surface area contributed by atoms with Gasteiger partial charge < -0.3 is 15.4 Å². The molecule has 0 unspecified atom stereocenters. The highest BCUT2D eigenvalue weighted by molar-refractivity contribution is 6.04. The van der Waals surface area contributed by atoms with Gasteiger partial charge in [-0.05, 0) is 26.0 Å². The number of nitrogens with one attached hydrogen (secondary N) is 2. The molecule has 0 saturated carbocycles. The Labute approximate surface area is 109 Å². The molecule has 1 aromatic carbocycles. The molecule has 19 heavy (non-hydrogen) atoms. The van der Waals surface area contributed by atoms with E-state index in [2.05, 4.69) is 10.3 Å². The number of benzene rings is 1. The zero-order valence-corrected chi connectivity index (χ0v) is 10.7. The summed E-state index contributed by atoms with van der Waals surface area (Å²) in [4.78, 5) is 26.5. The molecule has 0 fully saturated rings. The summed E-state index contributed by atoms with van der Waals surface area (Å²) in [6, 6.07) is 6.18. The van der Waals surface area contributed by atoms with Crippen molar-refractivity contribution in [2.45, 2.75) is 13.8 Å². The van der Waals surface area contributed by atoms with Crippen LogP contribution < -0.4 is 10.7 Å². The maximum atomic E-state index is 12.0. The molecule has 5 nitrogen and oxygen atoms in total. The van der Waals surface area contributed by atoms with Crippen LogP contribution in [0.2, 0.25) is 0 Å². The molecule has 0 spiro atoms. The van der Waals surface area contributed by atoms with Gasteiger partial charge in [0.15, 0.2) is 5.43 Å². The van der Waals surface area contributed by atoms with Gasteiger partial charge in [0.05, 0.1) is 0 Å². The fourth-order valence-electron chi connectivity index (χ4n) is 1.70. The van der Waals surface area contributed by atoms with E-state index >= 15 is 0 Å². The Morgan fingerprint density at radius 3 is 2.74 bits per heavy atom. The Bertz CT molecular complexity index is 689. The molecule has 0 aliphatic heterocycles. The Morgan fingerprint density at radius 2 is 2.05 bits per heavy atom. The minimum absolute atomic E-state index is 0.0355. The Balaban J connectivity index is 2.31. The maximum absolute atomic E-state index is 12.0. The van der Waals surface area contributed by atoms with Gasteiger partial charge in [-0.3, -0.25) is 9.59 Å². The van der Waals surface area contributed by atoms with Crippen molar-refractivity contribution < 1.29 is 9.90 Å². The van der Waals surface area contributed by atoms with Crippen molar-refractivity contribution >= 4 is 11.6 Å². The maximum Gasteiger partial charge on any atom is 0.261 e. The topological polar surface area (TPSA) is 82.2 Å². The van der Waals surface area contributed by atoms with E-state index in [-0.39, 0.29) is 16.7 Å². The highest BCUT2D eigenvalue weighted by Crippen LogP contribution is 2.23. The summed E-state index contributed by atoms with van der Waals surface area (Å²) in [5, 5.41) is 12.2. The van der Waals surface area contributed by atoms with E-state index in [1.54, 1.807) is 26.0 Å². The van der Waals surface area contributed by atoms with Crippen LogP contribution in [0, 0.1) is 13.8 Å². The monoisotopic (exact) mass is 258 g/mol. The van der Waals surface area contributed by atoms with Gasteiger partial charge in [-0.1, -0.05) is 6.07 Å². The number of hydrogen-bond acceptors (Lipinski definition) is 3. The van der Waals surface area contributed by atoms with E-state index in [9.17, 15) is 14.7 Å². The van der Waals surface area contributed by atoms with Gasteiger partial charge in [-0.15, -0.1) is 0 Å². The molecule has 98 valence electrons. The lowest BCUT2D eigenvalue weighted by Gasteiger charge is -2.09. The lowest BCUT2D eigenvalue weighted by atomic mass is 10.1. The average Bonchev–Trinajstić information content (AvgIpc) is 2.34. The van der Waals surface area contributed by atoms with Crippen molar-refractivity contribution in [2.75, 3.05) is 5.32 Å². The standard InChI is InChI=1S/C14H14N2O3/c1-8-6-13(18)10(7-15-8)14(19)16-11-4-3-5-12(17)9(11)2/h3-7,17H,1-2H3,(H,15,18)(H,16,19). The Kier molecular flexibility index (Phi) is 3.37. The van der Waals surface area contributed by atoms with Crippen LogP contribution in [0.1, 0.15) is 21.6 Å². The zero-order valence-electron chi connectivity index (χ0n) is 10.7. The van der Waals surface area contributed by atoms with Crippen LogP contribution in [-0.4, -0.2) is 16.0 Å². The number of phenols is 1. The van der Waals surface area contributed by atoms with E-state index < -0.39 is 5.91 Å². The third kappa shape index (κ3) is 2.65. The molecule has 2 aromatic rings. The summed E-state index contributed by atoms with van der Waals surface area (Å²) in [6.07, 6.45) is 1.38. The summed E-state index contributed by atoms with van der Waals surface area (Å²) >= 11 is 0. The Hall–Kier alpha value is -2.56. The number of phenolic OH excluding ortho intramolecular Hbond substituents is 1. The predicted octanol–water partition coefficient (Wildman–Crippen LogP) is 1.95. The quantitative estimate of drug-likeness (QED) is 0.770. The molecular weight excluding hydrogens is 244 g/mol. The molecule has 1 heterocycles. The van der Waals surface area contributed by atoms with Crippen molar-refractivity contribution in [3.8, 4) is 5.75 Å². The van der Waals surface area contributed by atoms with Crippen LogP contribution in [-0.2, 0) is 0 Å². The third-order valence-corrected chi connectivity index (χ3v) is 2.86. The van der Waals surface area contributed by atoms with Crippen molar-refractivity contribution in [1.29, 1.82) is 0 Å². The van der Waals surface area contributed by atoms with Crippen LogP contribution >= 0.6 is 0 Å². The number of pyridine rings is 1. The number of carbonyl (C=O) groups is 1. The summed E-state index contributed by atoms with van der Waals surface area (Å²) < 4.78 is 0. The van der Waals surface area contributed by atoms with Gasteiger partial charge in [0.25, 0.3) is 5.91 Å². The molecule has 0 atom stereocenters. The van der Waals surface area contributed by atoms with E-state index in [0.29, 0.717) is 16.9 Å². The molecule has 1 aromatic heterocycles. The third-order valence-electron chi connectivity index (χ3n) is 2.86. The first-order valence-electron chi connectivity index (χ1n) is 5.78. The van der Waals surface area contributed by atoms with Crippen molar-refractivity contribution in [2.24, 2.45) is 0 Å². The number of carbonyl (C=O) groups excluding carboxylic acids is 1. The molecule has 3 N–H and O–H groups in total. The predicted molar refractivity (Wildman–Crippen MR) is 72.6 cm³/mol. The van der Waals surface area contributed by atoms with Crippen LogP contribution in [0.4, 0.5) is 5.69 Å². The van der Waals surface area contributed by atoms with E-state index in [1.807, 2.05) is 0 Å². The van der Waals surface area contributed by atoms with E-state index in [0.717, 1.165) is 0 Å². The molecule has 5 heteroatoms. The van der Waals surface area contributed by atoms with Gasteiger partial charge in [-0.25, -0.2) is 0 Å². The lowest BCUT2D eigenvalue weighted by Crippen LogP contribution is -2.21. The number of hydrogen-bond donors (Lipinski definition) is 3. The molecular formula is C14H14N2O3. The molecule has 0 saturated heterocycles. The van der Waals surface area contributed by atoms with Crippen LogP contribution in [0.3, 0.4) is 0 Å². The molecule has 0 bridgehead atoms. The summed E-state index contributed by atoms with van der Waals surface area (Å²) in [5.74, 6) is -0.412. The van der Waals surface area contributed by atoms with E-state index in [1.165, 1.54) is 18.3 Å². The number of aromatic nitrogens is 1. The van der Waals surface area contributed by atoms with Gasteiger partial charge in [-0.2, -0.15) is 0 Å². The number of aryl methyl sites for hydroxylation is 1. The van der Waals surface area contributed by atoms with Crippen molar-refractivity contribution in [3.05, 3.63) is 57.5 Å². The minimum Gasteiger partial charge on any atom is -0.508 e. The average molecular weight is 258 g/mol. The first kappa shape index (κ1) is 12.9. The second-order valence-corrected chi connectivity index (χ2v) is 4.30. The first-order chi connectivity index (χ1) is 8.99. The zero-order chi connectivity index (χ0) is 14.0. The van der Waals surface area contributed by atoms with Crippen molar-refractivity contribution in [1.82, 2.24) is 4.98 Å².